The summed E-state index contributed by atoms with van der Waals surface area (Å²) < 4.78 is 5.36. The van der Waals surface area contributed by atoms with E-state index in [-0.39, 0.29) is 0 Å². The van der Waals surface area contributed by atoms with E-state index in [2.05, 4.69) is 12.2 Å². The minimum Gasteiger partial charge on any atom is -0.478 e. The Bertz CT molecular complexity index is 391. The Kier molecular flexibility index (Phi) is 6.22. The van der Waals surface area contributed by atoms with E-state index in [0.717, 1.165) is 25.0 Å². The number of carboxylic acids is 1. The van der Waals surface area contributed by atoms with Gasteiger partial charge in [0.2, 0.25) is 0 Å². The maximum atomic E-state index is 11.1. The molecule has 18 heavy (non-hydrogen) atoms. The first-order valence-electron chi connectivity index (χ1n) is 6.30. The number of anilines is 1. The van der Waals surface area contributed by atoms with Crippen molar-refractivity contribution in [3.05, 3.63) is 29.3 Å². The van der Waals surface area contributed by atoms with Crippen molar-refractivity contribution in [3.63, 3.8) is 0 Å². The van der Waals surface area contributed by atoms with Gasteiger partial charge in [-0.25, -0.2) is 4.79 Å². The molecule has 0 atom stereocenters. The number of nitrogens with one attached hydrogen (secondary N) is 1. The molecule has 4 heteroatoms. The number of hydrogen-bond donors (Lipinski definition) is 2. The highest BCUT2D eigenvalue weighted by Crippen LogP contribution is 2.17. The lowest BCUT2D eigenvalue weighted by molar-refractivity contribution is 0.0698. The van der Waals surface area contributed by atoms with Crippen LogP contribution in [0.4, 0.5) is 5.69 Å². The molecule has 0 spiro atoms. The maximum absolute atomic E-state index is 11.1. The Balaban J connectivity index is 2.44. The third kappa shape index (κ3) is 4.75. The largest absolute Gasteiger partial charge is 0.478 e. The lowest BCUT2D eigenvalue weighted by Gasteiger charge is -2.10. The number of ether oxygens (including phenoxy) is 1. The zero-order chi connectivity index (χ0) is 13.4. The normalized spacial score (nSPS) is 10.3. The predicted octanol–water partition coefficient (Wildman–Crippen LogP) is 2.92. The maximum Gasteiger partial charge on any atom is 0.337 e. The molecule has 2 N–H and O–H groups in total. The Hall–Kier alpha value is -1.55. The van der Waals surface area contributed by atoms with E-state index in [1.165, 1.54) is 0 Å². The van der Waals surface area contributed by atoms with Crippen LogP contribution >= 0.6 is 0 Å². The van der Waals surface area contributed by atoms with Gasteiger partial charge in [-0.2, -0.15) is 0 Å². The average Bonchev–Trinajstić information content (AvgIpc) is 2.35. The zero-order valence-corrected chi connectivity index (χ0v) is 11.0. The van der Waals surface area contributed by atoms with E-state index in [4.69, 9.17) is 9.84 Å². The second kappa shape index (κ2) is 7.71. The van der Waals surface area contributed by atoms with Crippen LogP contribution in [0.1, 0.15) is 35.7 Å². The van der Waals surface area contributed by atoms with Crippen molar-refractivity contribution >= 4 is 11.7 Å². The van der Waals surface area contributed by atoms with Crippen LogP contribution in [-0.2, 0) is 4.74 Å². The van der Waals surface area contributed by atoms with E-state index >= 15 is 0 Å². The first kappa shape index (κ1) is 14.5. The van der Waals surface area contributed by atoms with Gasteiger partial charge in [0.25, 0.3) is 0 Å². The van der Waals surface area contributed by atoms with Crippen LogP contribution in [0, 0.1) is 6.92 Å². The fourth-order valence-electron chi connectivity index (χ4n) is 1.63. The van der Waals surface area contributed by atoms with Crippen LogP contribution in [0.25, 0.3) is 0 Å². The van der Waals surface area contributed by atoms with E-state index in [1.54, 1.807) is 6.07 Å². The number of carbonyl (C=O) groups is 1. The highest BCUT2D eigenvalue weighted by atomic mass is 16.5. The van der Waals surface area contributed by atoms with E-state index < -0.39 is 5.97 Å². The van der Waals surface area contributed by atoms with Crippen molar-refractivity contribution in [3.8, 4) is 0 Å². The van der Waals surface area contributed by atoms with Gasteiger partial charge in [0.05, 0.1) is 5.56 Å². The molecule has 1 rings (SSSR count). The molecule has 0 saturated carbocycles. The summed E-state index contributed by atoms with van der Waals surface area (Å²) in [6.45, 7) is 6.16. The highest BCUT2D eigenvalue weighted by Gasteiger charge is 2.09. The molecule has 4 nitrogen and oxygen atoms in total. The zero-order valence-electron chi connectivity index (χ0n) is 11.0. The number of rotatable bonds is 8. The first-order valence-corrected chi connectivity index (χ1v) is 6.30. The fourth-order valence-corrected chi connectivity index (χ4v) is 1.63. The second-order valence-corrected chi connectivity index (χ2v) is 4.25. The monoisotopic (exact) mass is 251 g/mol. The standard InChI is InChI=1S/C14H21NO3/c1-3-8-18-9-4-7-15-13-6-5-11(2)10-12(13)14(16)17/h5-6,10,15H,3-4,7-9H2,1-2H3,(H,16,17). The Morgan fingerprint density at radius 1 is 1.39 bits per heavy atom. The predicted molar refractivity (Wildman–Crippen MR) is 72.4 cm³/mol. The molecular formula is C14H21NO3. The van der Waals surface area contributed by atoms with Crippen molar-refractivity contribution in [1.29, 1.82) is 0 Å². The summed E-state index contributed by atoms with van der Waals surface area (Å²) in [5, 5.41) is 12.2. The Morgan fingerprint density at radius 2 is 2.17 bits per heavy atom. The molecule has 0 aromatic heterocycles. The minimum absolute atomic E-state index is 0.324. The van der Waals surface area contributed by atoms with Crippen LogP contribution in [0.2, 0.25) is 0 Å². The molecule has 0 unspecified atom stereocenters. The lowest BCUT2D eigenvalue weighted by Crippen LogP contribution is -2.10. The van der Waals surface area contributed by atoms with Gasteiger partial charge in [0.1, 0.15) is 0 Å². The number of carboxylic acid groups (broad SMARTS) is 1. The van der Waals surface area contributed by atoms with Crippen LogP contribution in [0.5, 0.6) is 0 Å². The minimum atomic E-state index is -0.900. The van der Waals surface area contributed by atoms with Gasteiger partial charge < -0.3 is 15.2 Å². The molecule has 0 saturated heterocycles. The molecule has 0 aliphatic heterocycles. The molecule has 0 radical (unpaired) electrons. The quantitative estimate of drug-likeness (QED) is 0.697. The summed E-state index contributed by atoms with van der Waals surface area (Å²) in [4.78, 5) is 11.1. The van der Waals surface area contributed by atoms with E-state index in [9.17, 15) is 4.79 Å². The molecule has 0 aliphatic rings. The summed E-state index contributed by atoms with van der Waals surface area (Å²) in [6.07, 6.45) is 1.89. The number of hydrogen-bond acceptors (Lipinski definition) is 3. The summed E-state index contributed by atoms with van der Waals surface area (Å²) >= 11 is 0. The van der Waals surface area contributed by atoms with Gasteiger partial charge in [-0.3, -0.25) is 0 Å². The lowest BCUT2D eigenvalue weighted by atomic mass is 10.1. The molecule has 0 fully saturated rings. The summed E-state index contributed by atoms with van der Waals surface area (Å²) in [7, 11) is 0. The Morgan fingerprint density at radius 3 is 2.83 bits per heavy atom. The number of benzene rings is 1. The third-order valence-electron chi connectivity index (χ3n) is 2.53. The van der Waals surface area contributed by atoms with Crippen LogP contribution < -0.4 is 5.32 Å². The molecule has 1 aromatic carbocycles. The van der Waals surface area contributed by atoms with Gasteiger partial charge >= 0.3 is 5.97 Å². The van der Waals surface area contributed by atoms with Crippen LogP contribution in [0.3, 0.4) is 0 Å². The van der Waals surface area contributed by atoms with Crippen molar-refractivity contribution < 1.29 is 14.6 Å². The van der Waals surface area contributed by atoms with Gasteiger partial charge in [-0.1, -0.05) is 18.6 Å². The number of aromatic carboxylic acids is 1. The van der Waals surface area contributed by atoms with Gasteiger partial charge in [-0.15, -0.1) is 0 Å². The molecule has 0 aliphatic carbocycles. The van der Waals surface area contributed by atoms with Crippen molar-refractivity contribution in [2.45, 2.75) is 26.7 Å². The molecule has 1 aromatic rings. The van der Waals surface area contributed by atoms with Gasteiger partial charge in [0, 0.05) is 25.4 Å². The van der Waals surface area contributed by atoms with Gasteiger partial charge in [0.15, 0.2) is 0 Å². The van der Waals surface area contributed by atoms with Crippen LogP contribution in [0.15, 0.2) is 18.2 Å². The first-order chi connectivity index (χ1) is 8.65. The summed E-state index contributed by atoms with van der Waals surface area (Å²) in [6, 6.07) is 5.40. The smallest absolute Gasteiger partial charge is 0.337 e. The van der Waals surface area contributed by atoms with Crippen molar-refractivity contribution in [2.24, 2.45) is 0 Å². The van der Waals surface area contributed by atoms with Crippen molar-refractivity contribution in [1.82, 2.24) is 0 Å². The topological polar surface area (TPSA) is 58.6 Å². The second-order valence-electron chi connectivity index (χ2n) is 4.25. The molecule has 0 heterocycles. The fraction of sp³-hybridized carbons (Fsp3) is 0.500. The summed E-state index contributed by atoms with van der Waals surface area (Å²) in [5.74, 6) is -0.900. The Labute approximate surface area is 108 Å². The highest BCUT2D eigenvalue weighted by molar-refractivity contribution is 5.94. The van der Waals surface area contributed by atoms with E-state index in [0.29, 0.717) is 24.4 Å². The molecular weight excluding hydrogens is 230 g/mol. The summed E-state index contributed by atoms with van der Waals surface area (Å²) in [5.41, 5.74) is 1.94. The van der Waals surface area contributed by atoms with E-state index in [1.807, 2.05) is 19.1 Å². The average molecular weight is 251 g/mol. The number of aryl methyl sites for hydroxylation is 1. The molecule has 0 bridgehead atoms. The SMILES string of the molecule is CCCOCCCNc1ccc(C)cc1C(=O)O. The molecule has 100 valence electrons. The van der Waals surface area contributed by atoms with Crippen LogP contribution in [-0.4, -0.2) is 30.8 Å². The molecule has 0 amide bonds. The third-order valence-corrected chi connectivity index (χ3v) is 2.53. The van der Waals surface area contributed by atoms with Gasteiger partial charge in [-0.05, 0) is 31.9 Å². The van der Waals surface area contributed by atoms with Crippen molar-refractivity contribution in [2.75, 3.05) is 25.1 Å².